The van der Waals surface area contributed by atoms with Gasteiger partial charge in [-0.15, -0.1) is 0 Å². The lowest BCUT2D eigenvalue weighted by Gasteiger charge is -2.32. The maximum absolute atomic E-state index is 13.1. The van der Waals surface area contributed by atoms with Gasteiger partial charge in [0.15, 0.2) is 0 Å². The number of carbonyl (C=O) groups excluding carboxylic acids is 1. The van der Waals surface area contributed by atoms with Crippen LogP contribution in [0.3, 0.4) is 0 Å². The first-order valence-electron chi connectivity index (χ1n) is 9.78. The lowest BCUT2D eigenvalue weighted by atomic mass is 10.0. The fraction of sp³-hybridized carbons (Fsp3) is 0.333. The largest absolute Gasteiger partial charge is 0.398 e. The summed E-state index contributed by atoms with van der Waals surface area (Å²) in [6, 6.07) is 11.7. The number of fused-ring (bicyclic) bond motifs is 1. The van der Waals surface area contributed by atoms with Gasteiger partial charge in [0.05, 0.1) is 16.6 Å². The Kier molecular flexibility index (Phi) is 5.35. The monoisotopic (exact) mass is 397 g/mol. The van der Waals surface area contributed by atoms with E-state index in [1.165, 1.54) is 12.1 Å². The number of H-pyrrole nitrogens is 1. The number of likely N-dealkylation sites (tertiary alicyclic amines) is 1. The highest BCUT2D eigenvalue weighted by Gasteiger charge is 2.23. The summed E-state index contributed by atoms with van der Waals surface area (Å²) in [5.74, 6) is -0.765. The van der Waals surface area contributed by atoms with Gasteiger partial charge in [0.25, 0.3) is 5.91 Å². The minimum absolute atomic E-state index is 0.0613. The average Bonchev–Trinajstić information content (AvgIpc) is 3.04. The van der Waals surface area contributed by atoms with E-state index in [-0.39, 0.29) is 28.9 Å². The number of halogens is 1. The number of aromatic nitrogens is 2. The number of hydrogen-bond donors (Lipinski definition) is 3. The van der Waals surface area contributed by atoms with E-state index in [0.29, 0.717) is 13.1 Å². The first kappa shape index (κ1) is 19.2. The van der Waals surface area contributed by atoms with Crippen LogP contribution < -0.4 is 16.7 Å². The van der Waals surface area contributed by atoms with Crippen LogP contribution in [0.1, 0.15) is 29.2 Å². The number of amides is 1. The third-order valence-corrected chi connectivity index (χ3v) is 5.52. The van der Waals surface area contributed by atoms with E-state index in [4.69, 9.17) is 5.73 Å². The smallest absolute Gasteiger partial charge is 0.326 e. The van der Waals surface area contributed by atoms with E-state index < -0.39 is 5.82 Å². The van der Waals surface area contributed by atoms with E-state index in [1.54, 1.807) is 0 Å². The second kappa shape index (κ2) is 8.08. The molecule has 1 aliphatic rings. The standard InChI is InChI=1S/C21H24FN5O2/c22-14-5-6-16(17(23)13-14)20(28)24-9-12-26-10-7-15(8-11-26)27-19-4-2-1-3-18(19)25-21(27)29/h1-6,13,15H,7-12,23H2,(H,24,28)(H,25,29). The number of benzene rings is 2. The fourth-order valence-corrected chi connectivity index (χ4v) is 4.00. The van der Waals surface area contributed by atoms with Crippen molar-refractivity contribution in [1.82, 2.24) is 19.8 Å². The van der Waals surface area contributed by atoms with Gasteiger partial charge in [-0.05, 0) is 43.2 Å². The topological polar surface area (TPSA) is 96.2 Å². The van der Waals surface area contributed by atoms with Gasteiger partial charge in [0, 0.05) is 37.9 Å². The van der Waals surface area contributed by atoms with Crippen LogP contribution in [-0.2, 0) is 0 Å². The van der Waals surface area contributed by atoms with Gasteiger partial charge in [0.2, 0.25) is 0 Å². The predicted molar refractivity (Wildman–Crippen MR) is 110 cm³/mol. The van der Waals surface area contributed by atoms with Crippen molar-refractivity contribution in [2.75, 3.05) is 31.9 Å². The van der Waals surface area contributed by atoms with E-state index >= 15 is 0 Å². The van der Waals surface area contributed by atoms with Gasteiger partial charge in [0.1, 0.15) is 5.82 Å². The Bertz CT molecular complexity index is 1080. The van der Waals surface area contributed by atoms with Crippen molar-refractivity contribution in [3.05, 3.63) is 64.3 Å². The number of piperidine rings is 1. The normalized spacial score (nSPS) is 15.6. The molecule has 0 unspecified atom stereocenters. The molecule has 0 aliphatic carbocycles. The van der Waals surface area contributed by atoms with Gasteiger partial charge < -0.3 is 20.9 Å². The van der Waals surface area contributed by atoms with Crippen molar-refractivity contribution in [2.24, 2.45) is 0 Å². The van der Waals surface area contributed by atoms with Gasteiger partial charge in [-0.1, -0.05) is 12.1 Å². The van der Waals surface area contributed by atoms with Crippen LogP contribution in [0, 0.1) is 5.82 Å². The van der Waals surface area contributed by atoms with E-state index in [1.807, 2.05) is 28.8 Å². The average molecular weight is 397 g/mol. The molecule has 1 aliphatic heterocycles. The van der Waals surface area contributed by atoms with Crippen molar-refractivity contribution < 1.29 is 9.18 Å². The lowest BCUT2D eigenvalue weighted by molar-refractivity contribution is 0.0945. The molecule has 0 bridgehead atoms. The molecule has 8 heteroatoms. The van der Waals surface area contributed by atoms with Crippen LogP contribution in [0.5, 0.6) is 0 Å². The van der Waals surface area contributed by atoms with E-state index in [0.717, 1.165) is 43.0 Å². The maximum Gasteiger partial charge on any atom is 0.326 e. The summed E-state index contributed by atoms with van der Waals surface area (Å²) in [5, 5.41) is 2.84. The molecule has 152 valence electrons. The molecule has 29 heavy (non-hydrogen) atoms. The summed E-state index contributed by atoms with van der Waals surface area (Å²) < 4.78 is 15.0. The number of anilines is 1. The highest BCUT2D eigenvalue weighted by atomic mass is 19.1. The van der Waals surface area contributed by atoms with Crippen molar-refractivity contribution in [1.29, 1.82) is 0 Å². The number of imidazole rings is 1. The molecule has 1 aromatic heterocycles. The van der Waals surface area contributed by atoms with Gasteiger partial charge in [-0.25, -0.2) is 9.18 Å². The number of hydrogen-bond acceptors (Lipinski definition) is 4. The minimum Gasteiger partial charge on any atom is -0.398 e. The second-order valence-electron chi connectivity index (χ2n) is 7.38. The van der Waals surface area contributed by atoms with Crippen molar-refractivity contribution in [2.45, 2.75) is 18.9 Å². The Balaban J connectivity index is 1.29. The van der Waals surface area contributed by atoms with Gasteiger partial charge in [-0.2, -0.15) is 0 Å². The molecule has 0 atom stereocenters. The van der Waals surface area contributed by atoms with Crippen LogP contribution in [0.15, 0.2) is 47.3 Å². The Hall–Kier alpha value is -3.13. The zero-order valence-electron chi connectivity index (χ0n) is 16.0. The molecular weight excluding hydrogens is 373 g/mol. The quantitative estimate of drug-likeness (QED) is 0.575. The number of aromatic amines is 1. The number of nitrogen functional groups attached to an aromatic ring is 1. The summed E-state index contributed by atoms with van der Waals surface area (Å²) in [6.45, 7) is 2.89. The summed E-state index contributed by atoms with van der Waals surface area (Å²) in [4.78, 5) is 29.8. The van der Waals surface area contributed by atoms with Crippen LogP contribution in [0.4, 0.5) is 10.1 Å². The second-order valence-corrected chi connectivity index (χ2v) is 7.38. The summed E-state index contributed by atoms with van der Waals surface area (Å²) in [7, 11) is 0. The number of rotatable bonds is 5. The lowest BCUT2D eigenvalue weighted by Crippen LogP contribution is -2.41. The van der Waals surface area contributed by atoms with Crippen LogP contribution in [0.25, 0.3) is 11.0 Å². The highest BCUT2D eigenvalue weighted by molar-refractivity contribution is 5.99. The first-order chi connectivity index (χ1) is 14.0. The Morgan fingerprint density at radius 3 is 2.72 bits per heavy atom. The number of nitrogens with zero attached hydrogens (tertiary/aromatic N) is 2. The van der Waals surface area contributed by atoms with E-state index in [2.05, 4.69) is 15.2 Å². The Morgan fingerprint density at radius 2 is 1.97 bits per heavy atom. The molecule has 3 aromatic rings. The molecule has 2 heterocycles. The fourth-order valence-electron chi connectivity index (χ4n) is 4.00. The third kappa shape index (κ3) is 4.02. The summed E-state index contributed by atoms with van der Waals surface area (Å²) in [5.41, 5.74) is 7.87. The molecular formula is C21H24FN5O2. The van der Waals surface area contributed by atoms with Crippen LogP contribution >= 0.6 is 0 Å². The molecule has 1 fully saturated rings. The highest BCUT2D eigenvalue weighted by Crippen LogP contribution is 2.24. The Morgan fingerprint density at radius 1 is 1.21 bits per heavy atom. The number of para-hydroxylation sites is 2. The van der Waals surface area contributed by atoms with E-state index in [9.17, 15) is 14.0 Å². The molecule has 2 aromatic carbocycles. The summed E-state index contributed by atoms with van der Waals surface area (Å²) >= 11 is 0. The molecule has 0 saturated carbocycles. The summed E-state index contributed by atoms with van der Waals surface area (Å²) in [6.07, 6.45) is 1.75. The first-order valence-corrected chi connectivity index (χ1v) is 9.78. The SMILES string of the molecule is Nc1cc(F)ccc1C(=O)NCCN1CCC(n2c(=O)[nH]c3ccccc32)CC1. The van der Waals surface area contributed by atoms with Gasteiger partial charge >= 0.3 is 5.69 Å². The minimum atomic E-state index is -0.462. The number of carbonyl (C=O) groups is 1. The molecule has 1 amide bonds. The van der Waals surface area contributed by atoms with Crippen molar-refractivity contribution in [3.8, 4) is 0 Å². The van der Waals surface area contributed by atoms with Crippen molar-refractivity contribution in [3.63, 3.8) is 0 Å². The molecule has 4 N–H and O–H groups in total. The number of nitrogens with one attached hydrogen (secondary N) is 2. The molecule has 7 nitrogen and oxygen atoms in total. The van der Waals surface area contributed by atoms with Gasteiger partial charge in [-0.3, -0.25) is 9.36 Å². The zero-order valence-corrected chi connectivity index (χ0v) is 16.0. The van der Waals surface area contributed by atoms with Crippen LogP contribution in [-0.4, -0.2) is 46.5 Å². The van der Waals surface area contributed by atoms with Crippen LogP contribution in [0.2, 0.25) is 0 Å². The number of nitrogens with two attached hydrogens (primary N) is 1. The predicted octanol–water partition coefficient (Wildman–Crippen LogP) is 2.12. The molecule has 0 radical (unpaired) electrons. The maximum atomic E-state index is 13.1. The molecule has 0 spiro atoms. The molecule has 4 rings (SSSR count). The van der Waals surface area contributed by atoms with Crippen molar-refractivity contribution >= 4 is 22.6 Å². The Labute approximate surface area is 167 Å². The third-order valence-electron chi connectivity index (χ3n) is 5.52. The zero-order chi connectivity index (χ0) is 20.4. The molecule has 1 saturated heterocycles.